The lowest BCUT2D eigenvalue weighted by molar-refractivity contribution is -0.113. The molecule has 110 valence electrons. The topological polar surface area (TPSA) is 63.2 Å². The zero-order chi connectivity index (χ0) is 15.3. The quantitative estimate of drug-likeness (QED) is 0.923. The Morgan fingerprint density at radius 2 is 1.62 bits per heavy atom. The number of sulfone groups is 1. The number of amides is 1. The van der Waals surface area contributed by atoms with Gasteiger partial charge in [-0.2, -0.15) is 0 Å². The molecule has 21 heavy (non-hydrogen) atoms. The summed E-state index contributed by atoms with van der Waals surface area (Å²) in [4.78, 5) is 11.8. The van der Waals surface area contributed by atoms with E-state index < -0.39 is 21.5 Å². The van der Waals surface area contributed by atoms with E-state index in [1.165, 1.54) is 0 Å². The first-order chi connectivity index (χ1) is 9.96. The van der Waals surface area contributed by atoms with Gasteiger partial charge >= 0.3 is 0 Å². The second-order valence-electron chi connectivity index (χ2n) is 4.87. The molecule has 0 unspecified atom stereocenters. The van der Waals surface area contributed by atoms with E-state index >= 15 is 0 Å². The van der Waals surface area contributed by atoms with Crippen molar-refractivity contribution in [2.45, 2.75) is 12.7 Å². The fourth-order valence-corrected chi connectivity index (χ4v) is 3.35. The van der Waals surface area contributed by atoms with Gasteiger partial charge in [0.1, 0.15) is 5.75 Å². The van der Waals surface area contributed by atoms with Crippen molar-refractivity contribution in [1.82, 2.24) is 0 Å². The van der Waals surface area contributed by atoms with Crippen LogP contribution >= 0.6 is 0 Å². The Bertz CT molecular complexity index is 724. The third-order valence-corrected chi connectivity index (χ3v) is 4.50. The predicted octanol–water partition coefficient (Wildman–Crippen LogP) is 2.55. The maximum Gasteiger partial charge on any atom is 0.239 e. The van der Waals surface area contributed by atoms with Gasteiger partial charge in [-0.05, 0) is 30.2 Å². The second-order valence-corrected chi connectivity index (χ2v) is 6.94. The van der Waals surface area contributed by atoms with Crippen LogP contribution in [0.25, 0.3) is 0 Å². The molecule has 1 N–H and O–H groups in total. The number of carbonyl (C=O) groups is 1. The summed E-state index contributed by atoms with van der Waals surface area (Å²) < 4.78 is 24.2. The molecule has 0 saturated heterocycles. The van der Waals surface area contributed by atoms with Crippen molar-refractivity contribution in [1.29, 1.82) is 0 Å². The van der Waals surface area contributed by atoms with Crippen LogP contribution in [-0.2, 0) is 20.4 Å². The van der Waals surface area contributed by atoms with Crippen LogP contribution in [0, 0.1) is 6.92 Å². The molecule has 0 aliphatic rings. The standard InChI is InChI=1S/C16H17NO3S/c1-13-7-5-6-8-14(13)11-21(19,20)12-16(18)17-15-9-3-2-4-10-15/h2-10H,11-12H2,1H3,(H,17,18). The van der Waals surface area contributed by atoms with Crippen LogP contribution < -0.4 is 5.32 Å². The minimum absolute atomic E-state index is 0.123. The molecule has 2 aromatic rings. The van der Waals surface area contributed by atoms with Crippen LogP contribution in [0.5, 0.6) is 0 Å². The van der Waals surface area contributed by atoms with E-state index in [1.807, 2.05) is 25.1 Å². The molecule has 0 aromatic heterocycles. The minimum Gasteiger partial charge on any atom is -0.325 e. The van der Waals surface area contributed by atoms with E-state index in [-0.39, 0.29) is 5.75 Å². The van der Waals surface area contributed by atoms with E-state index in [4.69, 9.17) is 0 Å². The summed E-state index contributed by atoms with van der Waals surface area (Å²) in [6.07, 6.45) is 0. The highest BCUT2D eigenvalue weighted by Gasteiger charge is 2.18. The van der Waals surface area contributed by atoms with Gasteiger partial charge in [-0.25, -0.2) is 8.42 Å². The number of benzene rings is 2. The summed E-state index contributed by atoms with van der Waals surface area (Å²) >= 11 is 0. The molecule has 0 atom stereocenters. The molecule has 5 heteroatoms. The molecular weight excluding hydrogens is 286 g/mol. The SMILES string of the molecule is Cc1ccccc1CS(=O)(=O)CC(=O)Nc1ccccc1. The largest absolute Gasteiger partial charge is 0.325 e. The van der Waals surface area contributed by atoms with Crippen LogP contribution in [0.2, 0.25) is 0 Å². The molecule has 0 radical (unpaired) electrons. The molecule has 0 bridgehead atoms. The van der Waals surface area contributed by atoms with Gasteiger partial charge in [-0.1, -0.05) is 42.5 Å². The molecule has 0 aliphatic heterocycles. The minimum atomic E-state index is -3.49. The van der Waals surface area contributed by atoms with Crippen LogP contribution in [0.3, 0.4) is 0 Å². The third kappa shape index (κ3) is 4.72. The number of anilines is 1. The van der Waals surface area contributed by atoms with Crippen molar-refractivity contribution < 1.29 is 13.2 Å². The van der Waals surface area contributed by atoms with Gasteiger partial charge in [-0.15, -0.1) is 0 Å². The Hall–Kier alpha value is -2.14. The van der Waals surface area contributed by atoms with E-state index in [9.17, 15) is 13.2 Å². The fraction of sp³-hybridized carbons (Fsp3) is 0.188. The first kappa shape index (κ1) is 15.3. The van der Waals surface area contributed by atoms with Gasteiger partial charge in [0.05, 0.1) is 5.75 Å². The van der Waals surface area contributed by atoms with Gasteiger partial charge in [0, 0.05) is 5.69 Å². The van der Waals surface area contributed by atoms with Gasteiger partial charge in [-0.3, -0.25) is 4.79 Å². The number of hydrogen-bond acceptors (Lipinski definition) is 3. The third-order valence-electron chi connectivity index (χ3n) is 3.05. The molecule has 2 aromatic carbocycles. The van der Waals surface area contributed by atoms with E-state index in [0.717, 1.165) is 11.1 Å². The summed E-state index contributed by atoms with van der Waals surface area (Å²) in [6, 6.07) is 16.1. The first-order valence-corrected chi connectivity index (χ1v) is 8.38. The average molecular weight is 303 g/mol. The maximum atomic E-state index is 12.1. The summed E-state index contributed by atoms with van der Waals surface area (Å²) in [5.41, 5.74) is 2.23. The smallest absolute Gasteiger partial charge is 0.239 e. The van der Waals surface area contributed by atoms with Crippen LogP contribution in [0.15, 0.2) is 54.6 Å². The molecule has 2 rings (SSSR count). The number of aryl methyl sites for hydroxylation is 1. The Labute approximate surface area is 124 Å². The monoisotopic (exact) mass is 303 g/mol. The molecule has 0 saturated carbocycles. The van der Waals surface area contributed by atoms with Crippen molar-refractivity contribution >= 4 is 21.4 Å². The van der Waals surface area contributed by atoms with E-state index in [0.29, 0.717) is 5.69 Å². The molecule has 0 aliphatic carbocycles. The van der Waals surface area contributed by atoms with Crippen molar-refractivity contribution in [3.63, 3.8) is 0 Å². The molecule has 0 spiro atoms. The van der Waals surface area contributed by atoms with E-state index in [1.54, 1.807) is 36.4 Å². The fourth-order valence-electron chi connectivity index (χ4n) is 1.98. The number of para-hydroxylation sites is 1. The summed E-state index contributed by atoms with van der Waals surface area (Å²) in [5.74, 6) is -1.16. The Morgan fingerprint density at radius 1 is 1.00 bits per heavy atom. The zero-order valence-electron chi connectivity index (χ0n) is 11.7. The highest BCUT2D eigenvalue weighted by Crippen LogP contribution is 2.12. The van der Waals surface area contributed by atoms with Crippen LogP contribution in [-0.4, -0.2) is 20.1 Å². The summed E-state index contributed by atoms with van der Waals surface area (Å²) in [7, 11) is -3.49. The highest BCUT2D eigenvalue weighted by molar-refractivity contribution is 7.91. The van der Waals surface area contributed by atoms with Gasteiger partial charge < -0.3 is 5.32 Å². The number of carbonyl (C=O) groups excluding carboxylic acids is 1. The second kappa shape index (κ2) is 6.54. The van der Waals surface area contributed by atoms with Crippen molar-refractivity contribution in [3.05, 3.63) is 65.7 Å². The van der Waals surface area contributed by atoms with Gasteiger partial charge in [0.15, 0.2) is 9.84 Å². The Balaban J connectivity index is 2.01. The van der Waals surface area contributed by atoms with Crippen molar-refractivity contribution in [3.8, 4) is 0 Å². The Kier molecular flexibility index (Phi) is 4.75. The number of rotatable bonds is 5. The highest BCUT2D eigenvalue weighted by atomic mass is 32.2. The zero-order valence-corrected chi connectivity index (χ0v) is 12.6. The number of hydrogen-bond donors (Lipinski definition) is 1. The van der Waals surface area contributed by atoms with Crippen LogP contribution in [0.4, 0.5) is 5.69 Å². The van der Waals surface area contributed by atoms with Crippen LogP contribution in [0.1, 0.15) is 11.1 Å². The first-order valence-electron chi connectivity index (χ1n) is 6.56. The molecular formula is C16H17NO3S. The Morgan fingerprint density at radius 3 is 2.29 bits per heavy atom. The maximum absolute atomic E-state index is 12.1. The molecule has 0 heterocycles. The molecule has 1 amide bonds. The molecule has 4 nitrogen and oxygen atoms in total. The van der Waals surface area contributed by atoms with Crippen molar-refractivity contribution in [2.24, 2.45) is 0 Å². The molecule has 0 fully saturated rings. The van der Waals surface area contributed by atoms with Gasteiger partial charge in [0.25, 0.3) is 0 Å². The summed E-state index contributed by atoms with van der Waals surface area (Å²) in [5, 5.41) is 2.58. The van der Waals surface area contributed by atoms with Crippen molar-refractivity contribution in [2.75, 3.05) is 11.1 Å². The van der Waals surface area contributed by atoms with Gasteiger partial charge in [0.2, 0.25) is 5.91 Å². The predicted molar refractivity (Wildman–Crippen MR) is 83.7 cm³/mol. The lowest BCUT2D eigenvalue weighted by atomic mass is 10.1. The average Bonchev–Trinajstić information content (AvgIpc) is 2.41. The number of nitrogens with one attached hydrogen (secondary N) is 1. The van der Waals surface area contributed by atoms with E-state index in [2.05, 4.69) is 5.32 Å². The normalized spacial score (nSPS) is 11.1. The lowest BCUT2D eigenvalue weighted by Crippen LogP contribution is -2.24. The lowest BCUT2D eigenvalue weighted by Gasteiger charge is -2.08. The summed E-state index contributed by atoms with van der Waals surface area (Å²) in [6.45, 7) is 1.86.